The summed E-state index contributed by atoms with van der Waals surface area (Å²) in [6.07, 6.45) is 16.1. The van der Waals surface area contributed by atoms with Crippen molar-refractivity contribution in [2.24, 2.45) is 0 Å². The van der Waals surface area contributed by atoms with Crippen LogP contribution in [-0.4, -0.2) is 25.3 Å². The first-order chi connectivity index (χ1) is 11.7. The van der Waals surface area contributed by atoms with Crippen LogP contribution in [0.3, 0.4) is 0 Å². The van der Waals surface area contributed by atoms with Gasteiger partial charge in [0, 0.05) is 7.11 Å². The fourth-order valence-corrected chi connectivity index (χ4v) is 3.00. The molecule has 144 valence electrons. The smallest absolute Gasteiger partial charge is 0.335 e. The van der Waals surface area contributed by atoms with Crippen LogP contribution in [0.25, 0.3) is 0 Å². The molecule has 0 bridgehead atoms. The van der Waals surface area contributed by atoms with Gasteiger partial charge >= 0.3 is 5.97 Å². The molecule has 0 aliphatic heterocycles. The number of hydrogen-bond donors (Lipinski definition) is 0. The molecule has 0 aromatic carbocycles. The molecule has 0 amide bonds. The van der Waals surface area contributed by atoms with Gasteiger partial charge in [-0.25, -0.2) is 4.79 Å². The first-order valence-electron chi connectivity index (χ1n) is 10.4. The average Bonchev–Trinajstić information content (AvgIpc) is 2.59. The Labute approximate surface area is 150 Å². The summed E-state index contributed by atoms with van der Waals surface area (Å²) in [7, 11) is 1.62. The molecule has 0 N–H and O–H groups in total. The molecule has 2 unspecified atom stereocenters. The highest BCUT2D eigenvalue weighted by Gasteiger charge is 2.22. The zero-order valence-electron chi connectivity index (χ0n) is 16.8. The normalized spacial score (nSPS) is 13.7. The monoisotopic (exact) mass is 342 g/mol. The predicted molar refractivity (Wildman–Crippen MR) is 102 cm³/mol. The van der Waals surface area contributed by atoms with Crippen LogP contribution in [0.4, 0.5) is 0 Å². The molecule has 0 fully saturated rings. The van der Waals surface area contributed by atoms with Crippen LogP contribution >= 0.6 is 0 Å². The third-order valence-corrected chi connectivity index (χ3v) is 4.74. The lowest BCUT2D eigenvalue weighted by molar-refractivity contribution is -0.162. The molecule has 0 saturated heterocycles. The van der Waals surface area contributed by atoms with Crippen LogP contribution in [0.5, 0.6) is 0 Å². The number of carbonyl (C=O) groups is 1. The standard InChI is InChI=1S/C21H42O3/c1-5-8-10-11-12-13-14-16-18-20(23-4)21(22)24-19(7-3)17-15-9-6-2/h19-20H,5-18H2,1-4H3. The molecule has 0 aliphatic rings. The van der Waals surface area contributed by atoms with Gasteiger partial charge in [0.15, 0.2) is 6.10 Å². The summed E-state index contributed by atoms with van der Waals surface area (Å²) >= 11 is 0. The maximum absolute atomic E-state index is 12.3. The lowest BCUT2D eigenvalue weighted by atomic mass is 10.1. The van der Waals surface area contributed by atoms with Crippen molar-refractivity contribution in [2.45, 2.75) is 123 Å². The molecular weight excluding hydrogens is 300 g/mol. The highest BCUT2D eigenvalue weighted by atomic mass is 16.6. The number of unbranched alkanes of at least 4 members (excludes halogenated alkanes) is 9. The van der Waals surface area contributed by atoms with Crippen LogP contribution < -0.4 is 0 Å². The molecular formula is C21H42O3. The van der Waals surface area contributed by atoms with E-state index in [0.29, 0.717) is 0 Å². The summed E-state index contributed by atoms with van der Waals surface area (Å²) in [4.78, 5) is 12.3. The van der Waals surface area contributed by atoms with Gasteiger partial charge in [-0.3, -0.25) is 0 Å². The lowest BCUT2D eigenvalue weighted by Crippen LogP contribution is -2.29. The van der Waals surface area contributed by atoms with Crippen LogP contribution in [-0.2, 0) is 14.3 Å². The number of rotatable bonds is 17. The molecule has 24 heavy (non-hydrogen) atoms. The minimum atomic E-state index is -0.384. The van der Waals surface area contributed by atoms with E-state index in [-0.39, 0.29) is 18.2 Å². The quantitative estimate of drug-likeness (QED) is 0.225. The molecule has 0 saturated carbocycles. The second-order valence-corrected chi connectivity index (χ2v) is 6.95. The number of ether oxygens (including phenoxy) is 2. The van der Waals surface area contributed by atoms with Crippen molar-refractivity contribution in [2.75, 3.05) is 7.11 Å². The van der Waals surface area contributed by atoms with E-state index in [1.165, 1.54) is 57.8 Å². The second kappa shape index (κ2) is 17.3. The Morgan fingerprint density at radius 3 is 1.79 bits per heavy atom. The SMILES string of the molecule is CCCCCCCCCCC(OC)C(=O)OC(CC)CCCCC. The molecule has 3 nitrogen and oxygen atoms in total. The van der Waals surface area contributed by atoms with Crippen LogP contribution in [0.1, 0.15) is 111 Å². The molecule has 0 aromatic rings. The fraction of sp³-hybridized carbons (Fsp3) is 0.952. The van der Waals surface area contributed by atoms with E-state index in [2.05, 4.69) is 20.8 Å². The zero-order valence-corrected chi connectivity index (χ0v) is 16.8. The van der Waals surface area contributed by atoms with Crippen molar-refractivity contribution < 1.29 is 14.3 Å². The van der Waals surface area contributed by atoms with Crippen LogP contribution in [0.15, 0.2) is 0 Å². The first kappa shape index (κ1) is 23.4. The number of hydrogen-bond acceptors (Lipinski definition) is 3. The van der Waals surface area contributed by atoms with E-state index in [1.54, 1.807) is 7.11 Å². The lowest BCUT2D eigenvalue weighted by Gasteiger charge is -2.20. The number of methoxy groups -OCH3 is 1. The predicted octanol–water partition coefficient (Wildman–Crippen LogP) is 6.43. The van der Waals surface area contributed by atoms with Gasteiger partial charge in [-0.2, -0.15) is 0 Å². The van der Waals surface area contributed by atoms with E-state index >= 15 is 0 Å². The Hall–Kier alpha value is -0.570. The Balaban J connectivity index is 3.86. The Morgan fingerprint density at radius 2 is 1.25 bits per heavy atom. The number of carbonyl (C=O) groups excluding carboxylic acids is 1. The van der Waals surface area contributed by atoms with Crippen molar-refractivity contribution in [1.29, 1.82) is 0 Å². The van der Waals surface area contributed by atoms with Gasteiger partial charge in [-0.05, 0) is 25.7 Å². The molecule has 0 radical (unpaired) electrons. The van der Waals surface area contributed by atoms with Crippen LogP contribution in [0, 0.1) is 0 Å². The molecule has 0 aliphatic carbocycles. The van der Waals surface area contributed by atoms with E-state index in [4.69, 9.17) is 9.47 Å². The summed E-state index contributed by atoms with van der Waals surface area (Å²) in [5, 5.41) is 0. The summed E-state index contributed by atoms with van der Waals surface area (Å²) in [5.74, 6) is -0.163. The third kappa shape index (κ3) is 12.8. The fourth-order valence-electron chi connectivity index (χ4n) is 3.00. The Morgan fingerprint density at radius 1 is 0.750 bits per heavy atom. The molecule has 0 rings (SSSR count). The first-order valence-corrected chi connectivity index (χ1v) is 10.4. The van der Waals surface area contributed by atoms with Crippen molar-refractivity contribution in [1.82, 2.24) is 0 Å². The van der Waals surface area contributed by atoms with E-state index in [1.807, 2.05) is 0 Å². The Kier molecular flexibility index (Phi) is 16.8. The molecule has 2 atom stereocenters. The highest BCUT2D eigenvalue weighted by molar-refractivity contribution is 5.74. The van der Waals surface area contributed by atoms with Crippen molar-refractivity contribution in [3.8, 4) is 0 Å². The largest absolute Gasteiger partial charge is 0.460 e. The second-order valence-electron chi connectivity index (χ2n) is 6.95. The topological polar surface area (TPSA) is 35.5 Å². The van der Waals surface area contributed by atoms with Crippen LogP contribution in [0.2, 0.25) is 0 Å². The van der Waals surface area contributed by atoms with E-state index in [0.717, 1.165) is 32.1 Å². The summed E-state index contributed by atoms with van der Waals surface area (Å²) in [5.41, 5.74) is 0. The number of esters is 1. The average molecular weight is 343 g/mol. The summed E-state index contributed by atoms with van der Waals surface area (Å²) < 4.78 is 11.0. The Bertz CT molecular complexity index is 278. The van der Waals surface area contributed by atoms with E-state index < -0.39 is 0 Å². The minimum Gasteiger partial charge on any atom is -0.460 e. The molecule has 0 aromatic heterocycles. The van der Waals surface area contributed by atoms with Gasteiger partial charge in [0.25, 0.3) is 0 Å². The van der Waals surface area contributed by atoms with Crippen molar-refractivity contribution >= 4 is 5.97 Å². The van der Waals surface area contributed by atoms with Gasteiger partial charge in [-0.1, -0.05) is 85.0 Å². The minimum absolute atomic E-state index is 0.0558. The third-order valence-electron chi connectivity index (χ3n) is 4.74. The highest BCUT2D eigenvalue weighted by Crippen LogP contribution is 2.15. The summed E-state index contributed by atoms with van der Waals surface area (Å²) in [6, 6.07) is 0. The zero-order chi connectivity index (χ0) is 18.0. The maximum atomic E-state index is 12.3. The van der Waals surface area contributed by atoms with Gasteiger partial charge in [0.1, 0.15) is 6.10 Å². The van der Waals surface area contributed by atoms with Gasteiger partial charge in [0.05, 0.1) is 0 Å². The maximum Gasteiger partial charge on any atom is 0.335 e. The van der Waals surface area contributed by atoms with Gasteiger partial charge < -0.3 is 9.47 Å². The van der Waals surface area contributed by atoms with Gasteiger partial charge in [0.2, 0.25) is 0 Å². The summed E-state index contributed by atoms with van der Waals surface area (Å²) in [6.45, 7) is 6.53. The molecule has 0 spiro atoms. The van der Waals surface area contributed by atoms with Gasteiger partial charge in [-0.15, -0.1) is 0 Å². The molecule has 3 heteroatoms. The van der Waals surface area contributed by atoms with Crippen molar-refractivity contribution in [3.63, 3.8) is 0 Å². The van der Waals surface area contributed by atoms with E-state index in [9.17, 15) is 4.79 Å². The van der Waals surface area contributed by atoms with Crippen molar-refractivity contribution in [3.05, 3.63) is 0 Å². The molecule has 0 heterocycles.